The Labute approximate surface area is 122 Å². The SMILES string of the molecule is Cc1cc(N2CCCCC2)n(CCc2ccccc2)c1. The van der Waals surface area contributed by atoms with Crippen LogP contribution in [0.15, 0.2) is 42.6 Å². The predicted octanol–water partition coefficient (Wildman–Crippen LogP) is 4.03. The summed E-state index contributed by atoms with van der Waals surface area (Å²) in [6.07, 6.45) is 7.47. The lowest BCUT2D eigenvalue weighted by Gasteiger charge is -2.29. The van der Waals surface area contributed by atoms with Gasteiger partial charge in [-0.3, -0.25) is 0 Å². The summed E-state index contributed by atoms with van der Waals surface area (Å²) in [6, 6.07) is 13.1. The van der Waals surface area contributed by atoms with Crippen molar-refractivity contribution in [1.29, 1.82) is 0 Å². The second-order valence-corrected chi connectivity index (χ2v) is 5.85. The summed E-state index contributed by atoms with van der Waals surface area (Å²) in [6.45, 7) is 5.71. The molecule has 0 unspecified atom stereocenters. The van der Waals surface area contributed by atoms with Crippen molar-refractivity contribution in [3.8, 4) is 0 Å². The molecule has 106 valence electrons. The summed E-state index contributed by atoms with van der Waals surface area (Å²) in [5, 5.41) is 0. The van der Waals surface area contributed by atoms with Crippen LogP contribution < -0.4 is 4.90 Å². The van der Waals surface area contributed by atoms with Gasteiger partial charge in [0.25, 0.3) is 0 Å². The number of aromatic nitrogens is 1. The fourth-order valence-electron chi connectivity index (χ4n) is 3.11. The van der Waals surface area contributed by atoms with Crippen LogP contribution in [0.25, 0.3) is 0 Å². The zero-order valence-electron chi connectivity index (χ0n) is 12.4. The lowest BCUT2D eigenvalue weighted by Crippen LogP contribution is -2.31. The second kappa shape index (κ2) is 6.17. The van der Waals surface area contributed by atoms with Crippen molar-refractivity contribution in [2.75, 3.05) is 18.0 Å². The molecule has 0 bridgehead atoms. The van der Waals surface area contributed by atoms with Gasteiger partial charge in [-0.2, -0.15) is 0 Å². The quantitative estimate of drug-likeness (QED) is 0.813. The molecule has 0 N–H and O–H groups in total. The predicted molar refractivity (Wildman–Crippen MR) is 85.4 cm³/mol. The van der Waals surface area contributed by atoms with Gasteiger partial charge in [0, 0.05) is 25.8 Å². The summed E-state index contributed by atoms with van der Waals surface area (Å²) >= 11 is 0. The smallest absolute Gasteiger partial charge is 0.108 e. The van der Waals surface area contributed by atoms with Gasteiger partial charge in [0.1, 0.15) is 5.82 Å². The topological polar surface area (TPSA) is 8.17 Å². The average Bonchev–Trinajstić information content (AvgIpc) is 2.88. The molecule has 2 aromatic rings. The Kier molecular flexibility index (Phi) is 4.10. The molecule has 0 radical (unpaired) electrons. The minimum absolute atomic E-state index is 1.07. The van der Waals surface area contributed by atoms with Gasteiger partial charge in [0.05, 0.1) is 0 Å². The van der Waals surface area contributed by atoms with Crippen LogP contribution >= 0.6 is 0 Å². The number of benzene rings is 1. The highest BCUT2D eigenvalue weighted by Gasteiger charge is 2.15. The first-order valence-corrected chi connectivity index (χ1v) is 7.78. The molecule has 1 aliphatic heterocycles. The van der Waals surface area contributed by atoms with Crippen molar-refractivity contribution >= 4 is 5.82 Å². The summed E-state index contributed by atoms with van der Waals surface area (Å²) in [5.41, 5.74) is 2.79. The van der Waals surface area contributed by atoms with Crippen LogP contribution in [-0.4, -0.2) is 17.7 Å². The van der Waals surface area contributed by atoms with E-state index in [0.717, 1.165) is 13.0 Å². The van der Waals surface area contributed by atoms with Gasteiger partial charge in [0.2, 0.25) is 0 Å². The maximum absolute atomic E-state index is 2.56. The van der Waals surface area contributed by atoms with Gasteiger partial charge in [-0.15, -0.1) is 0 Å². The highest BCUT2D eigenvalue weighted by Crippen LogP contribution is 2.23. The Balaban J connectivity index is 1.72. The van der Waals surface area contributed by atoms with E-state index >= 15 is 0 Å². The van der Waals surface area contributed by atoms with Crippen LogP contribution in [0.3, 0.4) is 0 Å². The molecule has 1 aromatic carbocycles. The zero-order valence-corrected chi connectivity index (χ0v) is 12.4. The summed E-state index contributed by atoms with van der Waals surface area (Å²) in [4.78, 5) is 2.56. The molecule has 1 aliphatic rings. The van der Waals surface area contributed by atoms with Gasteiger partial charge < -0.3 is 9.47 Å². The molecule has 1 saturated heterocycles. The Morgan fingerprint density at radius 1 is 1.00 bits per heavy atom. The average molecular weight is 268 g/mol. The number of piperidine rings is 1. The summed E-state index contributed by atoms with van der Waals surface area (Å²) < 4.78 is 2.44. The minimum atomic E-state index is 1.07. The van der Waals surface area contributed by atoms with Crippen LogP contribution in [0.4, 0.5) is 5.82 Å². The van der Waals surface area contributed by atoms with Crippen molar-refractivity contribution in [2.45, 2.75) is 39.2 Å². The van der Waals surface area contributed by atoms with Gasteiger partial charge in [-0.25, -0.2) is 0 Å². The molecule has 1 fully saturated rings. The molecule has 0 spiro atoms. The van der Waals surface area contributed by atoms with Gasteiger partial charge >= 0.3 is 0 Å². The largest absolute Gasteiger partial charge is 0.358 e. The zero-order chi connectivity index (χ0) is 13.8. The van der Waals surface area contributed by atoms with Crippen molar-refractivity contribution < 1.29 is 0 Å². The fraction of sp³-hybridized carbons (Fsp3) is 0.444. The van der Waals surface area contributed by atoms with Crippen molar-refractivity contribution in [1.82, 2.24) is 4.57 Å². The van der Waals surface area contributed by atoms with E-state index in [1.165, 1.54) is 49.3 Å². The molecular weight excluding hydrogens is 244 g/mol. The number of hydrogen-bond donors (Lipinski definition) is 0. The maximum atomic E-state index is 2.56. The highest BCUT2D eigenvalue weighted by molar-refractivity contribution is 5.44. The Morgan fingerprint density at radius 2 is 1.75 bits per heavy atom. The van der Waals surface area contributed by atoms with E-state index in [1.807, 2.05) is 0 Å². The molecule has 0 amide bonds. The van der Waals surface area contributed by atoms with E-state index in [4.69, 9.17) is 0 Å². The fourth-order valence-corrected chi connectivity index (χ4v) is 3.11. The van der Waals surface area contributed by atoms with Gasteiger partial charge in [-0.1, -0.05) is 30.3 Å². The van der Waals surface area contributed by atoms with Crippen molar-refractivity contribution in [2.24, 2.45) is 0 Å². The summed E-state index contributed by atoms with van der Waals surface area (Å²) in [7, 11) is 0. The first-order chi connectivity index (χ1) is 9.83. The van der Waals surface area contributed by atoms with Gasteiger partial charge in [0.15, 0.2) is 0 Å². The number of anilines is 1. The normalized spacial score (nSPS) is 15.6. The van der Waals surface area contributed by atoms with Crippen molar-refractivity contribution in [3.05, 3.63) is 53.7 Å². The first kappa shape index (κ1) is 13.3. The lowest BCUT2D eigenvalue weighted by atomic mass is 10.1. The molecule has 2 heterocycles. The number of aryl methyl sites for hydroxylation is 3. The van der Waals surface area contributed by atoms with E-state index < -0.39 is 0 Å². The van der Waals surface area contributed by atoms with E-state index in [1.54, 1.807) is 0 Å². The standard InChI is InChI=1S/C18H24N2/c1-16-14-18(19-11-6-3-7-12-19)20(15-16)13-10-17-8-4-2-5-9-17/h2,4-5,8-9,14-15H,3,6-7,10-13H2,1H3. The molecule has 0 saturated carbocycles. The van der Waals surface area contributed by atoms with E-state index in [0.29, 0.717) is 0 Å². The number of nitrogens with zero attached hydrogens (tertiary/aromatic N) is 2. The van der Waals surface area contributed by atoms with Crippen LogP contribution in [0, 0.1) is 6.92 Å². The number of hydrogen-bond acceptors (Lipinski definition) is 1. The van der Waals surface area contributed by atoms with Crippen LogP contribution in [0.5, 0.6) is 0 Å². The van der Waals surface area contributed by atoms with Gasteiger partial charge in [-0.05, 0) is 49.8 Å². The second-order valence-electron chi connectivity index (χ2n) is 5.85. The lowest BCUT2D eigenvalue weighted by molar-refractivity contribution is 0.558. The molecular formula is C18H24N2. The molecule has 2 nitrogen and oxygen atoms in total. The molecule has 1 aromatic heterocycles. The highest BCUT2D eigenvalue weighted by atomic mass is 15.2. The minimum Gasteiger partial charge on any atom is -0.358 e. The Bertz CT molecular complexity index is 536. The third-order valence-electron chi connectivity index (χ3n) is 4.17. The monoisotopic (exact) mass is 268 g/mol. The number of rotatable bonds is 4. The third-order valence-corrected chi connectivity index (χ3v) is 4.17. The Hall–Kier alpha value is -1.70. The molecule has 20 heavy (non-hydrogen) atoms. The van der Waals surface area contributed by atoms with Crippen LogP contribution in [0.1, 0.15) is 30.4 Å². The van der Waals surface area contributed by atoms with E-state index in [9.17, 15) is 0 Å². The molecule has 2 heteroatoms. The van der Waals surface area contributed by atoms with E-state index in [2.05, 4.69) is 59.0 Å². The summed E-state index contributed by atoms with van der Waals surface area (Å²) in [5.74, 6) is 1.41. The molecule has 3 rings (SSSR count). The third kappa shape index (κ3) is 3.06. The van der Waals surface area contributed by atoms with Crippen molar-refractivity contribution in [3.63, 3.8) is 0 Å². The molecule has 0 atom stereocenters. The van der Waals surface area contributed by atoms with Crippen LogP contribution in [0.2, 0.25) is 0 Å². The maximum Gasteiger partial charge on any atom is 0.108 e. The van der Waals surface area contributed by atoms with Crippen LogP contribution in [-0.2, 0) is 13.0 Å². The molecule has 0 aliphatic carbocycles. The Morgan fingerprint density at radius 3 is 2.50 bits per heavy atom. The first-order valence-electron chi connectivity index (χ1n) is 7.78. The van der Waals surface area contributed by atoms with E-state index in [-0.39, 0.29) is 0 Å².